The molecule has 1 atom stereocenters. The van der Waals surface area contributed by atoms with Gasteiger partial charge in [0.05, 0.1) is 6.04 Å². The molecule has 1 aromatic carbocycles. The number of carbonyl (C=O) groups is 1. The van der Waals surface area contributed by atoms with E-state index in [1.165, 1.54) is 11.1 Å². The van der Waals surface area contributed by atoms with Gasteiger partial charge in [0.15, 0.2) is 0 Å². The monoisotopic (exact) mass is 340 g/mol. The van der Waals surface area contributed by atoms with Crippen molar-refractivity contribution in [2.75, 3.05) is 14.1 Å². The Labute approximate surface area is 130 Å². The van der Waals surface area contributed by atoms with E-state index in [2.05, 4.69) is 60.2 Å². The number of hydrogen-bond donors (Lipinski definition) is 1. The van der Waals surface area contributed by atoms with Crippen molar-refractivity contribution >= 4 is 21.8 Å². The van der Waals surface area contributed by atoms with Crippen LogP contribution < -0.4 is 5.32 Å². The summed E-state index contributed by atoms with van der Waals surface area (Å²) in [7, 11) is 3.61. The van der Waals surface area contributed by atoms with Crippen molar-refractivity contribution in [3.05, 3.63) is 33.8 Å². The fourth-order valence-corrected chi connectivity index (χ4v) is 2.72. The third-order valence-electron chi connectivity index (χ3n) is 3.19. The van der Waals surface area contributed by atoms with Crippen LogP contribution in [0.5, 0.6) is 0 Å². The minimum absolute atomic E-state index is 0.127. The van der Waals surface area contributed by atoms with Gasteiger partial charge in [-0.1, -0.05) is 41.9 Å². The van der Waals surface area contributed by atoms with Gasteiger partial charge in [0.1, 0.15) is 0 Å². The van der Waals surface area contributed by atoms with Crippen LogP contribution in [-0.2, 0) is 11.3 Å². The van der Waals surface area contributed by atoms with E-state index < -0.39 is 0 Å². The lowest BCUT2D eigenvalue weighted by atomic mass is 10.0. The molecular weight excluding hydrogens is 316 g/mol. The molecule has 1 aromatic rings. The quantitative estimate of drug-likeness (QED) is 0.861. The molecule has 1 amide bonds. The molecule has 1 rings (SSSR count). The number of hydrogen-bond acceptors (Lipinski definition) is 2. The lowest BCUT2D eigenvalue weighted by Crippen LogP contribution is -2.44. The Morgan fingerprint density at radius 3 is 2.50 bits per heavy atom. The molecule has 1 N–H and O–H groups in total. The molecule has 0 heterocycles. The van der Waals surface area contributed by atoms with Crippen LogP contribution in [0, 0.1) is 12.8 Å². The lowest BCUT2D eigenvalue weighted by molar-refractivity contribution is -0.131. The summed E-state index contributed by atoms with van der Waals surface area (Å²) < 4.78 is 1.09. The van der Waals surface area contributed by atoms with Crippen LogP contribution in [-0.4, -0.2) is 30.9 Å². The summed E-state index contributed by atoms with van der Waals surface area (Å²) in [5.41, 5.74) is 2.40. The van der Waals surface area contributed by atoms with Crippen molar-refractivity contribution in [1.29, 1.82) is 0 Å². The molecule has 0 saturated heterocycles. The van der Waals surface area contributed by atoms with Gasteiger partial charge in [-0.3, -0.25) is 4.79 Å². The second-order valence-corrected chi connectivity index (χ2v) is 6.74. The van der Waals surface area contributed by atoms with Crippen LogP contribution >= 0.6 is 15.9 Å². The third-order valence-corrected chi connectivity index (χ3v) is 3.93. The van der Waals surface area contributed by atoms with E-state index in [-0.39, 0.29) is 11.9 Å². The van der Waals surface area contributed by atoms with Crippen molar-refractivity contribution in [2.45, 2.75) is 39.8 Å². The Hall–Kier alpha value is -0.870. The molecule has 1 unspecified atom stereocenters. The van der Waals surface area contributed by atoms with Crippen LogP contribution in [0.15, 0.2) is 22.7 Å². The second-order valence-electron chi connectivity index (χ2n) is 5.89. The third kappa shape index (κ3) is 5.25. The first-order valence-electron chi connectivity index (χ1n) is 7.00. The van der Waals surface area contributed by atoms with E-state index in [9.17, 15) is 4.79 Å². The normalized spacial score (nSPS) is 12.6. The molecule has 0 radical (unpaired) electrons. The van der Waals surface area contributed by atoms with Crippen LogP contribution in [0.3, 0.4) is 0 Å². The number of carbonyl (C=O) groups excluding carboxylic acids is 1. The van der Waals surface area contributed by atoms with Gasteiger partial charge in [0.2, 0.25) is 5.91 Å². The average molecular weight is 341 g/mol. The maximum atomic E-state index is 12.2. The Balaban J connectivity index is 2.72. The number of benzene rings is 1. The van der Waals surface area contributed by atoms with Crippen LogP contribution in [0.25, 0.3) is 0 Å². The van der Waals surface area contributed by atoms with E-state index in [0.29, 0.717) is 12.5 Å². The molecule has 0 aromatic heterocycles. The zero-order chi connectivity index (χ0) is 15.3. The Kier molecular flexibility index (Phi) is 6.69. The van der Waals surface area contributed by atoms with Gasteiger partial charge >= 0.3 is 0 Å². The number of nitrogens with one attached hydrogen (secondary N) is 1. The molecule has 0 saturated carbocycles. The van der Waals surface area contributed by atoms with E-state index in [1.807, 2.05) is 0 Å². The van der Waals surface area contributed by atoms with Gasteiger partial charge in [-0.25, -0.2) is 0 Å². The van der Waals surface area contributed by atoms with Gasteiger partial charge in [0, 0.05) is 25.1 Å². The van der Waals surface area contributed by atoms with Crippen LogP contribution in [0.1, 0.15) is 31.4 Å². The average Bonchev–Trinajstić information content (AvgIpc) is 2.34. The molecule has 0 bridgehead atoms. The lowest BCUT2D eigenvalue weighted by Gasteiger charge is -2.23. The molecule has 0 aliphatic carbocycles. The molecule has 3 nitrogen and oxygen atoms in total. The topological polar surface area (TPSA) is 32.3 Å². The van der Waals surface area contributed by atoms with Gasteiger partial charge in [-0.15, -0.1) is 0 Å². The predicted molar refractivity (Wildman–Crippen MR) is 87.7 cm³/mol. The van der Waals surface area contributed by atoms with Crippen molar-refractivity contribution in [3.63, 3.8) is 0 Å². The first-order valence-corrected chi connectivity index (χ1v) is 7.80. The van der Waals surface area contributed by atoms with Gasteiger partial charge < -0.3 is 10.2 Å². The summed E-state index contributed by atoms with van der Waals surface area (Å²) in [5, 5.41) is 3.39. The van der Waals surface area contributed by atoms with Crippen molar-refractivity contribution in [3.8, 4) is 0 Å². The van der Waals surface area contributed by atoms with Gasteiger partial charge in [0.25, 0.3) is 0 Å². The summed E-state index contributed by atoms with van der Waals surface area (Å²) in [5.74, 6) is 0.625. The van der Waals surface area contributed by atoms with Crippen LogP contribution in [0.4, 0.5) is 0 Å². The maximum absolute atomic E-state index is 12.2. The van der Waals surface area contributed by atoms with Crippen molar-refractivity contribution < 1.29 is 4.79 Å². The summed E-state index contributed by atoms with van der Waals surface area (Å²) in [6.45, 7) is 7.04. The highest BCUT2D eigenvalue weighted by molar-refractivity contribution is 9.10. The van der Waals surface area contributed by atoms with E-state index in [1.54, 1.807) is 19.0 Å². The summed E-state index contributed by atoms with van der Waals surface area (Å²) in [4.78, 5) is 13.8. The number of amides is 1. The molecule has 112 valence electrons. The highest BCUT2D eigenvalue weighted by Crippen LogP contribution is 2.18. The fraction of sp³-hybridized carbons (Fsp3) is 0.562. The molecular formula is C16H25BrN2O. The van der Waals surface area contributed by atoms with E-state index in [4.69, 9.17) is 0 Å². The zero-order valence-corrected chi connectivity index (χ0v) is 14.6. The summed E-state index contributed by atoms with van der Waals surface area (Å²) in [6, 6.07) is 6.16. The SMILES string of the molecule is Cc1ccc(CNC(CC(C)C)C(=O)N(C)C)c(Br)c1. The first kappa shape index (κ1) is 17.2. The molecule has 0 aliphatic heterocycles. The van der Waals surface area contributed by atoms with Gasteiger partial charge in [-0.05, 0) is 36.5 Å². The number of aryl methyl sites for hydroxylation is 1. The minimum atomic E-state index is -0.127. The largest absolute Gasteiger partial charge is 0.347 e. The highest BCUT2D eigenvalue weighted by Gasteiger charge is 2.20. The smallest absolute Gasteiger partial charge is 0.239 e. The maximum Gasteiger partial charge on any atom is 0.239 e. The summed E-state index contributed by atoms with van der Waals surface area (Å²) in [6.07, 6.45) is 0.848. The number of rotatable bonds is 6. The fourth-order valence-electron chi connectivity index (χ4n) is 2.08. The number of likely N-dealkylation sites (N-methyl/N-ethyl adjacent to an activating group) is 1. The zero-order valence-electron chi connectivity index (χ0n) is 13.0. The number of nitrogens with zero attached hydrogens (tertiary/aromatic N) is 1. The predicted octanol–water partition coefficient (Wildman–Crippen LogP) is 3.35. The first-order chi connectivity index (χ1) is 9.31. The Morgan fingerprint density at radius 2 is 2.00 bits per heavy atom. The Morgan fingerprint density at radius 1 is 1.35 bits per heavy atom. The van der Waals surface area contributed by atoms with Crippen LogP contribution in [0.2, 0.25) is 0 Å². The van der Waals surface area contributed by atoms with Crippen molar-refractivity contribution in [1.82, 2.24) is 10.2 Å². The minimum Gasteiger partial charge on any atom is -0.347 e. The van der Waals surface area contributed by atoms with E-state index in [0.717, 1.165) is 10.9 Å². The van der Waals surface area contributed by atoms with Crippen molar-refractivity contribution in [2.24, 2.45) is 5.92 Å². The molecule has 0 spiro atoms. The number of halogens is 1. The van der Waals surface area contributed by atoms with E-state index >= 15 is 0 Å². The molecule has 0 fully saturated rings. The second kappa shape index (κ2) is 7.79. The molecule has 4 heteroatoms. The summed E-state index contributed by atoms with van der Waals surface area (Å²) >= 11 is 3.58. The highest BCUT2D eigenvalue weighted by atomic mass is 79.9. The molecule has 0 aliphatic rings. The molecule has 20 heavy (non-hydrogen) atoms. The standard InChI is InChI=1S/C16H25BrN2O/c1-11(2)8-15(16(20)19(4)5)18-10-13-7-6-12(3)9-14(13)17/h6-7,9,11,15,18H,8,10H2,1-5H3. The Bertz CT molecular complexity index is 458. The van der Waals surface area contributed by atoms with Gasteiger partial charge in [-0.2, -0.15) is 0 Å².